The Balaban J connectivity index is 1.74. The van der Waals surface area contributed by atoms with Gasteiger partial charge >= 0.3 is 5.91 Å². The Bertz CT molecular complexity index is 1430. The molecule has 2 aromatic carbocycles. The molecule has 0 bridgehead atoms. The van der Waals surface area contributed by atoms with Crippen LogP contribution in [0.5, 0.6) is 5.75 Å². The summed E-state index contributed by atoms with van der Waals surface area (Å²) in [5.74, 6) is -2.27. The Labute approximate surface area is 191 Å². The molecule has 164 valence electrons. The molecule has 0 radical (unpaired) electrons. The molecule has 0 aliphatic carbocycles. The van der Waals surface area contributed by atoms with Crippen LogP contribution in [0.2, 0.25) is 0 Å². The number of fused-ring (bicyclic) bond motifs is 1. The molecule has 1 atom stereocenters. The minimum atomic E-state index is -1.20. The highest BCUT2D eigenvalue weighted by Gasteiger charge is 2.49. The number of aromatic nitrogens is 2. The molecule has 3 heterocycles. The lowest BCUT2D eigenvalue weighted by atomic mass is 9.95. The van der Waals surface area contributed by atoms with Gasteiger partial charge in [-0.05, 0) is 36.4 Å². The van der Waals surface area contributed by atoms with Gasteiger partial charge in [-0.1, -0.05) is 29.5 Å². The van der Waals surface area contributed by atoms with Crippen molar-refractivity contribution in [1.29, 1.82) is 0 Å². The number of hydrogen-bond acceptors (Lipinski definition) is 7. The second-order valence-corrected chi connectivity index (χ2v) is 8.27. The number of Topliss-reactive ketones (excluding diaryl/α,β-unsaturated/α-hetero) is 1. The molecule has 2 aromatic heterocycles. The third-order valence-corrected chi connectivity index (χ3v) is 6.39. The first-order valence-corrected chi connectivity index (χ1v) is 10.7. The van der Waals surface area contributed by atoms with Crippen molar-refractivity contribution in [3.05, 3.63) is 89.5 Å². The summed E-state index contributed by atoms with van der Waals surface area (Å²) in [6, 6.07) is 13.0. The van der Waals surface area contributed by atoms with Crippen molar-refractivity contribution >= 4 is 44.1 Å². The van der Waals surface area contributed by atoms with Gasteiger partial charge in [0.25, 0.3) is 5.78 Å². The van der Waals surface area contributed by atoms with Gasteiger partial charge in [0.1, 0.15) is 23.4 Å². The lowest BCUT2D eigenvalue weighted by Crippen LogP contribution is -2.29. The Morgan fingerprint density at radius 3 is 2.70 bits per heavy atom. The standard InChI is InChI=1S/C24H16FN3O4S/c1-32-14-8-9-17-18(11-14)33-24(27-17)28-20(15-6-2-3-7-16(15)25)19(22(30)23(28)31)21(29)13-5-4-10-26-12-13/h2-12,20,29H,1H3/b21-19+. The Hall–Kier alpha value is -4.11. The number of aliphatic hydroxyl groups is 1. The molecule has 5 rings (SSSR count). The van der Waals surface area contributed by atoms with E-state index >= 15 is 0 Å². The number of amides is 1. The molecule has 1 N–H and O–H groups in total. The highest BCUT2D eigenvalue weighted by molar-refractivity contribution is 7.22. The van der Waals surface area contributed by atoms with Crippen molar-refractivity contribution in [2.75, 3.05) is 12.0 Å². The molecule has 1 fully saturated rings. The summed E-state index contributed by atoms with van der Waals surface area (Å²) in [6.07, 6.45) is 2.88. The van der Waals surface area contributed by atoms with Gasteiger partial charge in [0.2, 0.25) is 0 Å². The second-order valence-electron chi connectivity index (χ2n) is 7.26. The minimum absolute atomic E-state index is 0.0685. The van der Waals surface area contributed by atoms with Gasteiger partial charge in [-0.2, -0.15) is 0 Å². The molecule has 33 heavy (non-hydrogen) atoms. The quantitative estimate of drug-likeness (QED) is 0.274. The summed E-state index contributed by atoms with van der Waals surface area (Å²) >= 11 is 1.17. The number of anilines is 1. The average molecular weight is 461 g/mol. The van der Waals surface area contributed by atoms with Crippen LogP contribution in [0, 0.1) is 5.82 Å². The normalized spacial score (nSPS) is 17.6. The number of pyridine rings is 1. The van der Waals surface area contributed by atoms with Gasteiger partial charge in [0.15, 0.2) is 5.13 Å². The number of ether oxygens (including phenoxy) is 1. The Morgan fingerprint density at radius 1 is 1.15 bits per heavy atom. The molecule has 1 saturated heterocycles. The molecule has 9 heteroatoms. The fraction of sp³-hybridized carbons (Fsp3) is 0.0833. The number of benzene rings is 2. The van der Waals surface area contributed by atoms with E-state index in [2.05, 4.69) is 9.97 Å². The Kier molecular flexibility index (Phi) is 5.10. The largest absolute Gasteiger partial charge is 0.507 e. The molecule has 7 nitrogen and oxygen atoms in total. The van der Waals surface area contributed by atoms with E-state index in [9.17, 15) is 19.1 Å². The van der Waals surface area contributed by atoms with Crippen LogP contribution >= 0.6 is 11.3 Å². The molecule has 1 aliphatic rings. The van der Waals surface area contributed by atoms with Crippen molar-refractivity contribution < 1.29 is 23.8 Å². The van der Waals surface area contributed by atoms with Crippen molar-refractivity contribution in [2.24, 2.45) is 0 Å². The van der Waals surface area contributed by atoms with Crippen molar-refractivity contribution in [1.82, 2.24) is 9.97 Å². The van der Waals surface area contributed by atoms with E-state index in [4.69, 9.17) is 4.74 Å². The van der Waals surface area contributed by atoms with Crippen molar-refractivity contribution in [3.63, 3.8) is 0 Å². The van der Waals surface area contributed by atoms with Crippen LogP contribution in [-0.2, 0) is 9.59 Å². The van der Waals surface area contributed by atoms with Gasteiger partial charge in [-0.15, -0.1) is 0 Å². The summed E-state index contributed by atoms with van der Waals surface area (Å²) < 4.78 is 20.9. The maximum atomic E-state index is 14.9. The zero-order chi connectivity index (χ0) is 23.1. The number of methoxy groups -OCH3 is 1. The average Bonchev–Trinajstić information content (AvgIpc) is 3.37. The molecule has 1 aliphatic heterocycles. The number of thiazole rings is 1. The van der Waals surface area contributed by atoms with Crippen LogP contribution in [0.3, 0.4) is 0 Å². The van der Waals surface area contributed by atoms with Crippen LogP contribution in [0.1, 0.15) is 17.2 Å². The first-order valence-electron chi connectivity index (χ1n) is 9.90. The Morgan fingerprint density at radius 2 is 1.97 bits per heavy atom. The zero-order valence-corrected chi connectivity index (χ0v) is 18.0. The summed E-state index contributed by atoms with van der Waals surface area (Å²) in [4.78, 5) is 35.9. The molecular weight excluding hydrogens is 445 g/mol. The number of halogens is 1. The molecule has 1 unspecified atom stereocenters. The lowest BCUT2D eigenvalue weighted by molar-refractivity contribution is -0.132. The smallest absolute Gasteiger partial charge is 0.301 e. The van der Waals surface area contributed by atoms with Crippen LogP contribution in [-0.4, -0.2) is 33.9 Å². The van der Waals surface area contributed by atoms with Gasteiger partial charge < -0.3 is 9.84 Å². The van der Waals surface area contributed by atoms with Crippen LogP contribution in [0.4, 0.5) is 9.52 Å². The van der Waals surface area contributed by atoms with E-state index in [1.54, 1.807) is 36.4 Å². The highest BCUT2D eigenvalue weighted by atomic mass is 32.1. The summed E-state index contributed by atoms with van der Waals surface area (Å²) in [5.41, 5.74) is 0.678. The van der Waals surface area contributed by atoms with E-state index in [1.807, 2.05) is 0 Å². The zero-order valence-electron chi connectivity index (χ0n) is 17.2. The molecule has 0 saturated carbocycles. The number of aliphatic hydroxyl groups excluding tert-OH is 1. The fourth-order valence-electron chi connectivity index (χ4n) is 3.80. The minimum Gasteiger partial charge on any atom is -0.507 e. The van der Waals surface area contributed by atoms with Gasteiger partial charge in [-0.25, -0.2) is 9.37 Å². The van der Waals surface area contributed by atoms with Crippen LogP contribution in [0.25, 0.3) is 16.0 Å². The molecule has 0 spiro atoms. The fourth-order valence-corrected chi connectivity index (χ4v) is 4.82. The predicted octanol–water partition coefficient (Wildman–Crippen LogP) is 4.47. The number of carbonyl (C=O) groups excluding carboxylic acids is 2. The molecule has 4 aromatic rings. The van der Waals surface area contributed by atoms with Crippen LogP contribution < -0.4 is 9.64 Å². The third-order valence-electron chi connectivity index (χ3n) is 5.37. The topological polar surface area (TPSA) is 92.6 Å². The number of rotatable bonds is 4. The summed E-state index contributed by atoms with van der Waals surface area (Å²) in [7, 11) is 1.54. The number of ketones is 1. The van der Waals surface area contributed by atoms with Crippen LogP contribution in [0.15, 0.2) is 72.6 Å². The lowest BCUT2D eigenvalue weighted by Gasteiger charge is -2.23. The van der Waals surface area contributed by atoms with E-state index in [0.29, 0.717) is 11.3 Å². The first-order chi connectivity index (χ1) is 16.0. The summed E-state index contributed by atoms with van der Waals surface area (Å²) in [6.45, 7) is 0. The van der Waals surface area contributed by atoms with Gasteiger partial charge in [0.05, 0.1) is 22.9 Å². The van der Waals surface area contributed by atoms with E-state index in [-0.39, 0.29) is 21.8 Å². The van der Waals surface area contributed by atoms with Crippen molar-refractivity contribution in [3.8, 4) is 5.75 Å². The van der Waals surface area contributed by atoms with E-state index in [1.165, 1.54) is 49.0 Å². The predicted molar refractivity (Wildman–Crippen MR) is 122 cm³/mol. The second kappa shape index (κ2) is 8.10. The molecular formula is C24H16FN3O4S. The third kappa shape index (κ3) is 3.42. The monoisotopic (exact) mass is 461 g/mol. The maximum absolute atomic E-state index is 14.9. The van der Waals surface area contributed by atoms with Gasteiger partial charge in [-0.3, -0.25) is 19.5 Å². The SMILES string of the molecule is COc1ccc2nc(N3C(=O)C(=O)/C(=C(/O)c4cccnc4)C3c3ccccc3F)sc2c1. The van der Waals surface area contributed by atoms with Crippen molar-refractivity contribution in [2.45, 2.75) is 6.04 Å². The van der Waals surface area contributed by atoms with Gasteiger partial charge in [0, 0.05) is 23.5 Å². The number of carbonyl (C=O) groups is 2. The number of hydrogen-bond donors (Lipinski definition) is 1. The summed E-state index contributed by atoms with van der Waals surface area (Å²) in [5, 5.41) is 11.2. The van der Waals surface area contributed by atoms with E-state index < -0.39 is 29.3 Å². The number of nitrogens with zero attached hydrogens (tertiary/aromatic N) is 3. The highest BCUT2D eigenvalue weighted by Crippen LogP contribution is 2.45. The maximum Gasteiger partial charge on any atom is 0.301 e. The molecule has 1 amide bonds. The van der Waals surface area contributed by atoms with E-state index in [0.717, 1.165) is 9.60 Å². The first kappa shape index (κ1) is 20.8.